The number of hydrogen-bond donors (Lipinski definition) is 0. The first-order valence-electron chi connectivity index (χ1n) is 5.51. The number of fused-ring (bicyclic) bond motifs is 1. The second kappa shape index (κ2) is 4.86. The fourth-order valence-electron chi connectivity index (χ4n) is 1.87. The minimum absolute atomic E-state index is 0.160. The quantitative estimate of drug-likeness (QED) is 0.717. The van der Waals surface area contributed by atoms with Crippen LogP contribution < -0.4 is 5.56 Å². The molecule has 0 fully saturated rings. The summed E-state index contributed by atoms with van der Waals surface area (Å²) in [7, 11) is 0. The van der Waals surface area contributed by atoms with Crippen LogP contribution in [0.5, 0.6) is 0 Å². The van der Waals surface area contributed by atoms with Crippen LogP contribution in [0.1, 0.15) is 5.56 Å². The lowest BCUT2D eigenvalue weighted by Crippen LogP contribution is -2.20. The number of nitrogens with zero attached hydrogens (tertiary/aromatic N) is 2. The van der Waals surface area contributed by atoms with Gasteiger partial charge in [0.2, 0.25) is 0 Å². The normalized spacial score (nSPS) is 11.1. The van der Waals surface area contributed by atoms with Gasteiger partial charge in [0.05, 0.1) is 27.6 Å². The van der Waals surface area contributed by atoms with Gasteiger partial charge in [-0.1, -0.05) is 0 Å². The van der Waals surface area contributed by atoms with Gasteiger partial charge in [0, 0.05) is 6.07 Å². The molecule has 0 saturated carbocycles. The zero-order chi connectivity index (χ0) is 13.4. The number of benzene rings is 1. The van der Waals surface area contributed by atoms with Crippen LogP contribution in [-0.2, 0) is 6.54 Å². The maximum Gasteiger partial charge on any atom is 0.261 e. The Morgan fingerprint density at radius 3 is 2.95 bits per heavy atom. The molecular weight excluding hydrogens is 331 g/mol. The molecule has 1 aromatic carbocycles. The van der Waals surface area contributed by atoms with Crippen LogP contribution in [0.25, 0.3) is 10.9 Å². The molecule has 0 aliphatic carbocycles. The molecule has 0 atom stereocenters. The summed E-state index contributed by atoms with van der Waals surface area (Å²) in [5.74, 6) is -0.390. The monoisotopic (exact) mass is 338 g/mol. The molecule has 0 aliphatic heterocycles. The summed E-state index contributed by atoms with van der Waals surface area (Å²) < 4.78 is 15.6. The average molecular weight is 339 g/mol. The van der Waals surface area contributed by atoms with Crippen molar-refractivity contribution in [3.8, 4) is 0 Å². The maximum atomic E-state index is 13.1. The van der Waals surface area contributed by atoms with Gasteiger partial charge in [-0.3, -0.25) is 9.36 Å². The van der Waals surface area contributed by atoms with Crippen LogP contribution in [0.2, 0.25) is 0 Å². The first kappa shape index (κ1) is 12.5. The predicted octanol–water partition coefficient (Wildman–Crippen LogP) is 3.41. The molecule has 3 nitrogen and oxygen atoms in total. The smallest absolute Gasteiger partial charge is 0.261 e. The van der Waals surface area contributed by atoms with E-state index < -0.39 is 0 Å². The van der Waals surface area contributed by atoms with Gasteiger partial charge < -0.3 is 0 Å². The van der Waals surface area contributed by atoms with Crippen molar-refractivity contribution in [3.63, 3.8) is 0 Å². The van der Waals surface area contributed by atoms with Crippen molar-refractivity contribution in [1.29, 1.82) is 0 Å². The van der Waals surface area contributed by atoms with Gasteiger partial charge in [-0.15, -0.1) is 11.3 Å². The molecule has 0 amide bonds. The van der Waals surface area contributed by atoms with Gasteiger partial charge in [-0.25, -0.2) is 9.37 Å². The van der Waals surface area contributed by atoms with E-state index in [9.17, 15) is 9.18 Å². The first-order valence-corrected chi connectivity index (χ1v) is 7.18. The molecule has 0 aliphatic rings. The number of thiophene rings is 1. The molecule has 3 aromatic rings. The van der Waals surface area contributed by atoms with E-state index in [0.717, 1.165) is 9.35 Å². The standard InChI is InChI=1S/C13H8BrFN2OS/c14-12-3-8(6-19-12)5-17-7-16-11-4-9(15)1-2-10(11)13(17)18/h1-4,6-7H,5H2. The zero-order valence-electron chi connectivity index (χ0n) is 9.64. The van der Waals surface area contributed by atoms with E-state index >= 15 is 0 Å². The SMILES string of the molecule is O=c1c2ccc(F)cc2ncn1Cc1csc(Br)c1. The molecule has 6 heteroatoms. The molecule has 0 saturated heterocycles. The molecule has 19 heavy (non-hydrogen) atoms. The van der Waals surface area contributed by atoms with Crippen LogP contribution in [0.4, 0.5) is 4.39 Å². The third-order valence-corrected chi connectivity index (χ3v) is 4.32. The Morgan fingerprint density at radius 1 is 1.37 bits per heavy atom. The fourth-order valence-corrected chi connectivity index (χ4v) is 3.07. The first-order chi connectivity index (χ1) is 9.13. The lowest BCUT2D eigenvalue weighted by Gasteiger charge is -2.05. The minimum atomic E-state index is -0.390. The highest BCUT2D eigenvalue weighted by atomic mass is 79.9. The van der Waals surface area contributed by atoms with Crippen molar-refractivity contribution in [1.82, 2.24) is 9.55 Å². The summed E-state index contributed by atoms with van der Waals surface area (Å²) in [5, 5.41) is 2.41. The Balaban J connectivity index is 2.08. The van der Waals surface area contributed by atoms with E-state index in [1.165, 1.54) is 29.1 Å². The molecule has 2 heterocycles. The number of aromatic nitrogens is 2. The summed E-state index contributed by atoms with van der Waals surface area (Å²) >= 11 is 4.95. The van der Waals surface area contributed by atoms with Crippen LogP contribution >= 0.6 is 27.3 Å². The van der Waals surface area contributed by atoms with Gasteiger partial charge in [0.1, 0.15) is 5.82 Å². The summed E-state index contributed by atoms with van der Waals surface area (Å²) in [6.07, 6.45) is 1.45. The molecular formula is C13H8BrFN2OS. The van der Waals surface area contributed by atoms with E-state index in [2.05, 4.69) is 20.9 Å². The summed E-state index contributed by atoms with van der Waals surface area (Å²) in [5.41, 5.74) is 1.25. The molecule has 2 aromatic heterocycles. The number of halogens is 2. The van der Waals surface area contributed by atoms with Crippen molar-refractivity contribution in [2.75, 3.05) is 0 Å². The van der Waals surface area contributed by atoms with E-state index in [1.807, 2.05) is 11.4 Å². The Hall–Kier alpha value is -1.53. The van der Waals surface area contributed by atoms with Crippen molar-refractivity contribution in [2.45, 2.75) is 6.54 Å². The summed E-state index contributed by atoms with van der Waals surface area (Å²) in [4.78, 5) is 16.4. The highest BCUT2D eigenvalue weighted by molar-refractivity contribution is 9.11. The van der Waals surface area contributed by atoms with Crippen LogP contribution in [-0.4, -0.2) is 9.55 Å². The second-order valence-electron chi connectivity index (χ2n) is 4.10. The predicted molar refractivity (Wildman–Crippen MR) is 77.1 cm³/mol. The van der Waals surface area contributed by atoms with E-state index in [-0.39, 0.29) is 11.4 Å². The minimum Gasteiger partial charge on any atom is -0.294 e. The van der Waals surface area contributed by atoms with Gasteiger partial charge in [0.15, 0.2) is 0 Å². The third-order valence-electron chi connectivity index (χ3n) is 2.76. The highest BCUT2D eigenvalue weighted by Gasteiger charge is 2.06. The maximum absolute atomic E-state index is 13.1. The molecule has 0 radical (unpaired) electrons. The van der Waals surface area contributed by atoms with Crippen molar-refractivity contribution in [3.05, 3.63) is 61.5 Å². The van der Waals surface area contributed by atoms with E-state index in [1.54, 1.807) is 11.3 Å². The Morgan fingerprint density at radius 2 is 2.21 bits per heavy atom. The topological polar surface area (TPSA) is 34.9 Å². The van der Waals surface area contributed by atoms with Crippen LogP contribution in [0.3, 0.4) is 0 Å². The molecule has 0 unspecified atom stereocenters. The van der Waals surface area contributed by atoms with Crippen molar-refractivity contribution < 1.29 is 4.39 Å². The highest BCUT2D eigenvalue weighted by Crippen LogP contribution is 2.21. The van der Waals surface area contributed by atoms with Crippen LogP contribution in [0.15, 0.2) is 44.6 Å². The zero-order valence-corrected chi connectivity index (χ0v) is 12.0. The fraction of sp³-hybridized carbons (Fsp3) is 0.0769. The molecule has 3 rings (SSSR count). The molecule has 0 N–H and O–H groups in total. The Labute approximate surface area is 120 Å². The lowest BCUT2D eigenvalue weighted by atomic mass is 10.2. The largest absolute Gasteiger partial charge is 0.294 e. The van der Waals surface area contributed by atoms with Gasteiger partial charge in [-0.05, 0) is 45.1 Å². The third kappa shape index (κ3) is 2.46. The Kier molecular flexibility index (Phi) is 3.20. The number of rotatable bonds is 2. The molecule has 0 bridgehead atoms. The van der Waals surface area contributed by atoms with Crippen molar-refractivity contribution in [2.24, 2.45) is 0 Å². The summed E-state index contributed by atoms with van der Waals surface area (Å²) in [6.45, 7) is 0.460. The molecule has 0 spiro atoms. The number of hydrogen-bond acceptors (Lipinski definition) is 3. The Bertz CT molecular complexity index is 812. The van der Waals surface area contributed by atoms with Gasteiger partial charge in [0.25, 0.3) is 5.56 Å². The van der Waals surface area contributed by atoms with Gasteiger partial charge in [-0.2, -0.15) is 0 Å². The molecule has 96 valence electrons. The van der Waals surface area contributed by atoms with E-state index in [0.29, 0.717) is 17.4 Å². The summed E-state index contributed by atoms with van der Waals surface area (Å²) in [6, 6.07) is 5.98. The second-order valence-corrected chi connectivity index (χ2v) is 6.39. The van der Waals surface area contributed by atoms with Crippen LogP contribution in [0, 0.1) is 5.82 Å². The lowest BCUT2D eigenvalue weighted by molar-refractivity contribution is 0.629. The van der Waals surface area contributed by atoms with E-state index in [4.69, 9.17) is 0 Å². The average Bonchev–Trinajstić information content (AvgIpc) is 2.78. The van der Waals surface area contributed by atoms with Gasteiger partial charge >= 0.3 is 0 Å². The van der Waals surface area contributed by atoms with Crippen molar-refractivity contribution >= 4 is 38.2 Å².